The molecule has 0 saturated heterocycles. The molecule has 11 heavy (non-hydrogen) atoms. The Morgan fingerprint density at radius 1 is 1.64 bits per heavy atom. The lowest BCUT2D eigenvalue weighted by Crippen LogP contribution is -1.85. The molecule has 57 valence electrons. The van der Waals surface area contributed by atoms with Crippen molar-refractivity contribution < 1.29 is 4.84 Å². The first-order valence-electron chi connectivity index (χ1n) is 3.44. The van der Waals surface area contributed by atoms with E-state index in [0.717, 1.165) is 12.0 Å². The fourth-order valence-corrected chi connectivity index (χ4v) is 0.768. The van der Waals surface area contributed by atoms with Gasteiger partial charge < -0.3 is 4.84 Å². The highest BCUT2D eigenvalue weighted by Crippen LogP contribution is 1.95. The predicted molar refractivity (Wildman–Crippen MR) is 44.5 cm³/mol. The van der Waals surface area contributed by atoms with Crippen LogP contribution in [0.4, 0.5) is 0 Å². The minimum absolute atomic E-state index is 0.772. The fourth-order valence-electron chi connectivity index (χ4n) is 0.768. The summed E-state index contributed by atoms with van der Waals surface area (Å²) in [6.45, 7) is 0. The molecule has 0 spiro atoms. The van der Waals surface area contributed by atoms with Crippen LogP contribution in [0.5, 0.6) is 0 Å². The number of benzene rings is 1. The van der Waals surface area contributed by atoms with Gasteiger partial charge in [-0.1, -0.05) is 29.4 Å². The zero-order valence-electron chi connectivity index (χ0n) is 6.45. The molecular weight excluding hydrogens is 138 g/mol. The van der Waals surface area contributed by atoms with Crippen LogP contribution in [0.1, 0.15) is 5.56 Å². The lowest BCUT2D eigenvalue weighted by Gasteiger charge is -1.91. The molecule has 1 aromatic rings. The van der Waals surface area contributed by atoms with Gasteiger partial charge in [-0.25, -0.2) is 0 Å². The van der Waals surface area contributed by atoms with E-state index in [2.05, 4.69) is 16.1 Å². The summed E-state index contributed by atoms with van der Waals surface area (Å²) < 4.78 is 0. The standard InChI is InChI=1S/C9H10NO/c1-11-10-8-7-9-5-3-2-4-6-9/h2-5,8H,7H2,1H3. The van der Waals surface area contributed by atoms with Gasteiger partial charge in [0.25, 0.3) is 0 Å². The van der Waals surface area contributed by atoms with E-state index in [1.165, 1.54) is 7.11 Å². The van der Waals surface area contributed by atoms with E-state index in [1.54, 1.807) is 6.21 Å². The Kier molecular flexibility index (Phi) is 3.19. The summed E-state index contributed by atoms with van der Waals surface area (Å²) in [6.07, 6.45) is 2.49. The highest BCUT2D eigenvalue weighted by Gasteiger charge is 1.85. The van der Waals surface area contributed by atoms with Gasteiger partial charge >= 0.3 is 0 Å². The minimum atomic E-state index is 0.772. The van der Waals surface area contributed by atoms with Gasteiger partial charge in [-0.15, -0.1) is 0 Å². The molecule has 0 heterocycles. The van der Waals surface area contributed by atoms with Crippen molar-refractivity contribution in [1.29, 1.82) is 0 Å². The van der Waals surface area contributed by atoms with E-state index in [1.807, 2.05) is 24.3 Å². The zero-order chi connectivity index (χ0) is 7.94. The second-order valence-corrected chi connectivity index (χ2v) is 2.06. The quantitative estimate of drug-likeness (QED) is 0.472. The van der Waals surface area contributed by atoms with Gasteiger partial charge in [0.05, 0.1) is 0 Å². The van der Waals surface area contributed by atoms with Crippen molar-refractivity contribution in [3.63, 3.8) is 0 Å². The van der Waals surface area contributed by atoms with Crippen LogP contribution in [0, 0.1) is 6.07 Å². The molecule has 1 radical (unpaired) electrons. The predicted octanol–water partition coefficient (Wildman–Crippen LogP) is 1.66. The van der Waals surface area contributed by atoms with Gasteiger partial charge in [0.2, 0.25) is 0 Å². The maximum Gasteiger partial charge on any atom is 0.106 e. The summed E-state index contributed by atoms with van der Waals surface area (Å²) >= 11 is 0. The van der Waals surface area contributed by atoms with Crippen LogP contribution in [-0.4, -0.2) is 13.3 Å². The van der Waals surface area contributed by atoms with E-state index in [9.17, 15) is 0 Å². The Bertz CT molecular complexity index is 218. The molecule has 0 atom stereocenters. The average molecular weight is 148 g/mol. The Balaban J connectivity index is 2.45. The van der Waals surface area contributed by atoms with Gasteiger partial charge in [-0.3, -0.25) is 0 Å². The number of hydrogen-bond donors (Lipinski definition) is 0. The van der Waals surface area contributed by atoms with Crippen LogP contribution >= 0.6 is 0 Å². The van der Waals surface area contributed by atoms with E-state index in [0.29, 0.717) is 0 Å². The van der Waals surface area contributed by atoms with Crippen molar-refractivity contribution in [2.45, 2.75) is 6.42 Å². The molecule has 0 aliphatic rings. The fraction of sp³-hybridized carbons (Fsp3) is 0.222. The molecule has 0 saturated carbocycles. The van der Waals surface area contributed by atoms with E-state index >= 15 is 0 Å². The maximum atomic E-state index is 4.52. The summed E-state index contributed by atoms with van der Waals surface area (Å²) in [5.74, 6) is 0. The third-order valence-electron chi connectivity index (χ3n) is 1.26. The third-order valence-corrected chi connectivity index (χ3v) is 1.26. The molecule has 1 aromatic carbocycles. The SMILES string of the molecule is CON=CCc1[c]cccc1. The summed E-state index contributed by atoms with van der Waals surface area (Å²) in [5, 5.41) is 3.62. The van der Waals surface area contributed by atoms with Crippen molar-refractivity contribution in [1.82, 2.24) is 0 Å². The highest BCUT2D eigenvalue weighted by molar-refractivity contribution is 5.60. The molecule has 0 amide bonds. The molecule has 2 heteroatoms. The lowest BCUT2D eigenvalue weighted by molar-refractivity contribution is 0.215. The second-order valence-electron chi connectivity index (χ2n) is 2.06. The molecule has 0 N–H and O–H groups in total. The van der Waals surface area contributed by atoms with Gasteiger partial charge in [-0.2, -0.15) is 0 Å². The van der Waals surface area contributed by atoms with Crippen molar-refractivity contribution >= 4 is 6.21 Å². The van der Waals surface area contributed by atoms with Crippen LogP contribution < -0.4 is 0 Å². The van der Waals surface area contributed by atoms with Gasteiger partial charge in [0, 0.05) is 12.6 Å². The largest absolute Gasteiger partial charge is 0.399 e. The molecule has 0 fully saturated rings. The number of rotatable bonds is 3. The first-order valence-corrected chi connectivity index (χ1v) is 3.44. The van der Waals surface area contributed by atoms with E-state index in [4.69, 9.17) is 0 Å². The summed E-state index contributed by atoms with van der Waals surface area (Å²) in [4.78, 5) is 4.52. The number of hydrogen-bond acceptors (Lipinski definition) is 2. The maximum absolute atomic E-state index is 4.52. The van der Waals surface area contributed by atoms with Crippen molar-refractivity contribution in [2.24, 2.45) is 5.16 Å². The lowest BCUT2D eigenvalue weighted by atomic mass is 10.2. The van der Waals surface area contributed by atoms with Crippen molar-refractivity contribution in [2.75, 3.05) is 7.11 Å². The zero-order valence-corrected chi connectivity index (χ0v) is 6.45. The van der Waals surface area contributed by atoms with Gasteiger partial charge in [-0.05, 0) is 11.6 Å². The topological polar surface area (TPSA) is 21.6 Å². The molecule has 2 nitrogen and oxygen atoms in total. The second kappa shape index (κ2) is 4.50. The highest BCUT2D eigenvalue weighted by atomic mass is 16.6. The van der Waals surface area contributed by atoms with E-state index < -0.39 is 0 Å². The van der Waals surface area contributed by atoms with Crippen LogP contribution in [0.2, 0.25) is 0 Å². The number of nitrogens with zero attached hydrogens (tertiary/aromatic N) is 1. The monoisotopic (exact) mass is 148 g/mol. The van der Waals surface area contributed by atoms with Crippen LogP contribution in [-0.2, 0) is 11.3 Å². The summed E-state index contributed by atoms with van der Waals surface area (Å²) in [6, 6.07) is 10.9. The molecule has 0 aliphatic heterocycles. The Hall–Kier alpha value is -1.31. The molecule has 0 aliphatic carbocycles. The molecule has 1 rings (SSSR count). The van der Waals surface area contributed by atoms with Gasteiger partial charge in [0.1, 0.15) is 7.11 Å². The average Bonchev–Trinajstić information content (AvgIpc) is 2.07. The first-order chi connectivity index (χ1) is 5.43. The molecular formula is C9H10NO. The van der Waals surface area contributed by atoms with Crippen molar-refractivity contribution in [3.8, 4) is 0 Å². The molecule has 0 unspecified atom stereocenters. The van der Waals surface area contributed by atoms with Crippen LogP contribution in [0.25, 0.3) is 0 Å². The van der Waals surface area contributed by atoms with Gasteiger partial charge in [0.15, 0.2) is 0 Å². The molecule has 0 bridgehead atoms. The smallest absolute Gasteiger partial charge is 0.106 e. The summed E-state index contributed by atoms with van der Waals surface area (Å²) in [5.41, 5.74) is 1.12. The summed E-state index contributed by atoms with van der Waals surface area (Å²) in [7, 11) is 1.53. The van der Waals surface area contributed by atoms with Crippen LogP contribution in [0.15, 0.2) is 29.4 Å². The third kappa shape index (κ3) is 2.85. The Morgan fingerprint density at radius 2 is 2.55 bits per heavy atom. The minimum Gasteiger partial charge on any atom is -0.399 e. The first kappa shape index (κ1) is 7.79. The Labute approximate surface area is 66.5 Å². The Morgan fingerprint density at radius 3 is 3.18 bits per heavy atom. The van der Waals surface area contributed by atoms with Crippen molar-refractivity contribution in [3.05, 3.63) is 35.9 Å². The van der Waals surface area contributed by atoms with E-state index in [-0.39, 0.29) is 0 Å². The number of oxime groups is 1. The molecule has 0 aromatic heterocycles. The van der Waals surface area contributed by atoms with Crippen LogP contribution in [0.3, 0.4) is 0 Å². The normalized spacial score (nSPS) is 10.3.